The van der Waals surface area contributed by atoms with Gasteiger partial charge in [-0.15, -0.1) is 0 Å². The van der Waals surface area contributed by atoms with Crippen molar-refractivity contribution in [3.05, 3.63) is 224 Å². The van der Waals surface area contributed by atoms with E-state index < -0.39 is 48.8 Å². The third-order valence-corrected chi connectivity index (χ3v) is 20.3. The second-order valence-corrected chi connectivity index (χ2v) is 29.8. The number of aliphatic hydroxyl groups is 4. The summed E-state index contributed by atoms with van der Waals surface area (Å²) in [6.45, 7) is -0.339. The Labute approximate surface area is 576 Å². The Kier molecular flexibility index (Phi) is 19.1. The van der Waals surface area contributed by atoms with Crippen LogP contribution < -0.4 is 37.9 Å². The molecule has 8 bridgehead atoms. The van der Waals surface area contributed by atoms with Crippen molar-refractivity contribution in [2.24, 2.45) is 0 Å². The van der Waals surface area contributed by atoms with Crippen LogP contribution in [0.5, 0.6) is 46.0 Å². The fourth-order valence-corrected chi connectivity index (χ4v) is 18.2. The molecule has 20 heteroatoms. The Morgan fingerprint density at radius 1 is 0.227 bits per heavy atom. The summed E-state index contributed by atoms with van der Waals surface area (Å²) < 4.78 is 65.2. The van der Waals surface area contributed by atoms with Gasteiger partial charge in [0.2, 0.25) is 0 Å². The Balaban J connectivity index is 1.19. The van der Waals surface area contributed by atoms with Gasteiger partial charge in [0, 0.05) is 177 Å². The van der Waals surface area contributed by atoms with Gasteiger partial charge in [0.1, 0.15) is 46.0 Å². The molecule has 456 valence electrons. The van der Waals surface area contributed by atoms with E-state index in [1.807, 2.05) is 97.1 Å². The van der Waals surface area contributed by atoms with Crippen molar-refractivity contribution in [3.8, 4) is 46.0 Å². The molecule has 0 atom stereocenters. The van der Waals surface area contributed by atoms with E-state index in [-0.39, 0.29) is 26.4 Å². The summed E-state index contributed by atoms with van der Waals surface area (Å²) in [6, 6.07) is 40.1. The van der Waals surface area contributed by atoms with Gasteiger partial charge in [0.25, 0.3) is 25.2 Å². The normalized spacial score (nSPS) is 20.9. The van der Waals surface area contributed by atoms with E-state index in [0.717, 1.165) is 80.3 Å². The SMILES string of the molecule is OCCCC1c2cc3c4cc2OC(c2cc(Br)cc(Br)c2)Oc2cc5c(cc21)C(CCCO)c1cc2c(cc1OC(c1cc(Br)cc(Br)c1)O5)OC(c1cc(Br)cc(Br)c1)Oc1cc(c(cc1C2CCCO)C3CCCO)OC(c1cc(Br)cc(Br)c1)O4. The maximum Gasteiger partial charge on any atom is 0.267 e. The van der Waals surface area contributed by atoms with Gasteiger partial charge in [-0.2, -0.15) is 0 Å². The maximum atomic E-state index is 10.9. The van der Waals surface area contributed by atoms with E-state index in [1.165, 1.54) is 0 Å². The molecule has 0 unspecified atom stereocenters. The van der Waals surface area contributed by atoms with Crippen molar-refractivity contribution in [1.29, 1.82) is 0 Å². The van der Waals surface area contributed by atoms with Crippen molar-refractivity contribution in [1.82, 2.24) is 0 Å². The third kappa shape index (κ3) is 12.9. The lowest BCUT2D eigenvalue weighted by molar-refractivity contribution is -0.0122. The molecule has 0 radical (unpaired) electrons. The highest BCUT2D eigenvalue weighted by Crippen LogP contribution is 2.58. The summed E-state index contributed by atoms with van der Waals surface area (Å²) >= 11 is 30.0. The first kappa shape index (κ1) is 62.6. The zero-order valence-corrected chi connectivity index (χ0v) is 59.4. The highest BCUT2D eigenvalue weighted by molar-refractivity contribution is 9.12. The van der Waals surface area contributed by atoms with Crippen LogP contribution in [0.3, 0.4) is 0 Å². The van der Waals surface area contributed by atoms with Crippen LogP contribution in [0.25, 0.3) is 0 Å². The lowest BCUT2D eigenvalue weighted by Crippen LogP contribution is -2.26. The highest BCUT2D eigenvalue weighted by atomic mass is 79.9. The minimum atomic E-state index is -1.06. The molecule has 0 saturated carbocycles. The fraction of sp³-hybridized carbons (Fsp3) is 0.294. The molecule has 4 aliphatic heterocycles. The summed E-state index contributed by atoms with van der Waals surface area (Å²) in [5.41, 5.74) is 9.39. The minimum Gasteiger partial charge on any atom is -0.450 e. The summed E-state index contributed by atoms with van der Waals surface area (Å²) in [6.07, 6.45) is -0.653. The number of aliphatic hydroxyl groups excluding tert-OH is 4. The van der Waals surface area contributed by atoms with Crippen LogP contribution >= 0.6 is 127 Å². The molecule has 0 amide bonds. The molecule has 13 rings (SSSR count). The van der Waals surface area contributed by atoms with Gasteiger partial charge in [0.15, 0.2) is 0 Å². The smallest absolute Gasteiger partial charge is 0.267 e. The Morgan fingerprint density at radius 3 is 0.534 bits per heavy atom. The number of halogens is 8. The minimum absolute atomic E-state index is 0.0847. The van der Waals surface area contributed by atoms with Gasteiger partial charge in [-0.05, 0) is 148 Å². The van der Waals surface area contributed by atoms with Gasteiger partial charge in [-0.25, -0.2) is 0 Å². The van der Waals surface area contributed by atoms with Gasteiger partial charge in [-0.3, -0.25) is 0 Å². The van der Waals surface area contributed by atoms with Crippen LogP contribution in [-0.4, -0.2) is 46.9 Å². The van der Waals surface area contributed by atoms with E-state index in [9.17, 15) is 20.4 Å². The maximum absolute atomic E-state index is 10.9. The van der Waals surface area contributed by atoms with Crippen LogP contribution in [0.1, 0.15) is 167 Å². The van der Waals surface area contributed by atoms with Crippen LogP contribution in [0.4, 0.5) is 0 Å². The van der Waals surface area contributed by atoms with E-state index in [4.69, 9.17) is 37.9 Å². The largest absolute Gasteiger partial charge is 0.450 e. The van der Waals surface area contributed by atoms with Crippen molar-refractivity contribution < 1.29 is 58.3 Å². The standard InChI is InChI=1S/C68H56Br8O12/c69-37-13-33(14-38(70)21-37)65-81-57-29-59-51-25-49(57)45(5-1-9-77)50-26-52-47(7-3-11-79)54-28-56-48(8-4-12-80)55-27-53(46(51)6-2-10-78)61(85-66(83-59)34-15-39(71)22-40(72)16-34)31-63(55)87-68(36-19-43(75)24-44(76)20-36)88-64(56)32-62(54)86-67(84-60(52)30-58(50)82-65)35-17-41(73)23-42(74)18-35/h13-32,45-48,65-68,77-80H,1-12H2. The zero-order valence-electron chi connectivity index (χ0n) is 46.7. The van der Waals surface area contributed by atoms with Crippen LogP contribution in [-0.2, 0) is 0 Å². The summed E-state index contributed by atoms with van der Waals surface area (Å²) in [5.74, 6) is 2.04. The lowest BCUT2D eigenvalue weighted by atomic mass is 9.76. The molecule has 0 spiro atoms. The van der Waals surface area contributed by atoms with Gasteiger partial charge in [0.05, 0.1) is 0 Å². The predicted molar refractivity (Wildman–Crippen MR) is 362 cm³/mol. The molecule has 12 nitrogen and oxygen atoms in total. The first-order valence-electron chi connectivity index (χ1n) is 28.9. The van der Waals surface area contributed by atoms with Crippen LogP contribution in [0, 0.1) is 0 Å². The predicted octanol–water partition coefficient (Wildman–Crippen LogP) is 19.6. The molecule has 8 aromatic rings. The lowest BCUT2D eigenvalue weighted by Gasteiger charge is -2.38. The molecule has 1 aliphatic carbocycles. The molecule has 5 aliphatic rings. The number of hydrogen-bond donors (Lipinski definition) is 4. The topological polar surface area (TPSA) is 155 Å². The fourth-order valence-electron chi connectivity index (χ4n) is 12.9. The number of benzene rings is 8. The zero-order chi connectivity index (χ0) is 61.1. The van der Waals surface area contributed by atoms with Crippen LogP contribution in [0.2, 0.25) is 0 Å². The average Bonchev–Trinajstić information content (AvgIpc) is 0.788. The average molecular weight is 1700 g/mol. The first-order chi connectivity index (χ1) is 42.6. The summed E-state index contributed by atoms with van der Waals surface area (Å²) in [4.78, 5) is 0. The molecule has 88 heavy (non-hydrogen) atoms. The molecule has 8 aromatic carbocycles. The summed E-state index contributed by atoms with van der Waals surface area (Å²) in [5, 5.41) is 43.5. The van der Waals surface area contributed by atoms with E-state index in [0.29, 0.717) is 120 Å². The Morgan fingerprint density at radius 2 is 0.386 bits per heavy atom. The Hall–Kier alpha value is -4.16. The van der Waals surface area contributed by atoms with E-state index in [2.05, 4.69) is 152 Å². The van der Waals surface area contributed by atoms with Crippen molar-refractivity contribution in [2.75, 3.05) is 26.4 Å². The van der Waals surface area contributed by atoms with Crippen molar-refractivity contribution in [2.45, 2.75) is 100 Å². The van der Waals surface area contributed by atoms with E-state index in [1.54, 1.807) is 0 Å². The third-order valence-electron chi connectivity index (χ3n) is 16.7. The molecule has 0 saturated heterocycles. The van der Waals surface area contributed by atoms with Crippen molar-refractivity contribution >= 4 is 127 Å². The summed E-state index contributed by atoms with van der Waals surface area (Å²) in [7, 11) is 0. The van der Waals surface area contributed by atoms with Crippen LogP contribution in [0.15, 0.2) is 157 Å². The first-order valence-corrected chi connectivity index (χ1v) is 35.3. The molecule has 0 fully saturated rings. The van der Waals surface area contributed by atoms with E-state index >= 15 is 0 Å². The van der Waals surface area contributed by atoms with Gasteiger partial charge in [-0.1, -0.05) is 127 Å². The molecule has 4 N–H and O–H groups in total. The quantitative estimate of drug-likeness (QED) is 0.0728. The second kappa shape index (κ2) is 26.8. The van der Waals surface area contributed by atoms with Crippen molar-refractivity contribution in [3.63, 3.8) is 0 Å². The molecular formula is C68H56Br8O12. The Bertz CT molecular complexity index is 3290. The van der Waals surface area contributed by atoms with Gasteiger partial charge < -0.3 is 58.3 Å². The molecular weight excluding hydrogens is 1650 g/mol. The monoisotopic (exact) mass is 1700 g/mol. The number of rotatable bonds is 16. The molecule has 0 aromatic heterocycles. The molecule has 4 heterocycles. The second-order valence-electron chi connectivity index (χ2n) is 22.5. The number of ether oxygens (including phenoxy) is 8. The number of hydrogen-bond acceptors (Lipinski definition) is 12. The highest BCUT2D eigenvalue weighted by Gasteiger charge is 2.41. The van der Waals surface area contributed by atoms with Gasteiger partial charge >= 0.3 is 0 Å².